The molecule has 1 atom stereocenters. The van der Waals surface area contributed by atoms with Crippen LogP contribution in [0.4, 0.5) is 5.13 Å². The Morgan fingerprint density at radius 1 is 1.11 bits per heavy atom. The number of anilines is 1. The van der Waals surface area contributed by atoms with E-state index in [-0.39, 0.29) is 17.1 Å². The number of rotatable bonds is 3. The monoisotopic (exact) mass is 390 g/mol. The van der Waals surface area contributed by atoms with Crippen LogP contribution < -0.4 is 15.1 Å². The topological polar surface area (TPSA) is 72.6 Å². The lowest BCUT2D eigenvalue weighted by molar-refractivity contribution is 0.0971. The number of amides is 1. The van der Waals surface area contributed by atoms with Crippen LogP contribution in [-0.4, -0.2) is 18.0 Å². The molecule has 2 aromatic heterocycles. The average molecular weight is 390 g/mol. The number of carbonyl (C=O) groups excluding carboxylic acids is 1. The summed E-state index contributed by atoms with van der Waals surface area (Å²) in [5, 5.41) is 2.72. The first-order valence-corrected chi connectivity index (χ1v) is 9.50. The molecule has 1 aliphatic heterocycles. The molecule has 7 heteroatoms. The van der Waals surface area contributed by atoms with Gasteiger partial charge in [-0.05, 0) is 18.2 Å². The summed E-state index contributed by atoms with van der Waals surface area (Å²) in [5.41, 5.74) is 1.18. The highest BCUT2D eigenvalue weighted by molar-refractivity contribution is 7.13. The standard InChI is InChI=1S/C21H14N2O4S/c1-26-14-8-4-2-6-12(14)17-16-18(24)13-7-3-5-9-15(13)27-19(16)20(25)23(17)21-22-10-11-28-21/h2-11,17H,1H3. The Labute approximate surface area is 163 Å². The van der Waals surface area contributed by atoms with E-state index >= 15 is 0 Å². The SMILES string of the molecule is COc1ccccc1C1c2c(oc3ccccc3c2=O)C(=O)N1c1nccs1. The third-order valence-electron chi connectivity index (χ3n) is 4.84. The minimum atomic E-state index is -0.675. The van der Waals surface area contributed by atoms with Crippen molar-refractivity contribution in [3.05, 3.63) is 87.2 Å². The zero-order valence-electron chi connectivity index (χ0n) is 14.8. The van der Waals surface area contributed by atoms with Gasteiger partial charge in [0.1, 0.15) is 17.4 Å². The quantitative estimate of drug-likeness (QED) is 0.529. The molecule has 0 spiro atoms. The molecule has 2 aromatic carbocycles. The second-order valence-electron chi connectivity index (χ2n) is 6.30. The van der Waals surface area contributed by atoms with Crippen molar-refractivity contribution < 1.29 is 13.9 Å². The van der Waals surface area contributed by atoms with Crippen molar-refractivity contribution in [2.45, 2.75) is 6.04 Å². The maximum Gasteiger partial charge on any atom is 0.297 e. The number of fused-ring (bicyclic) bond motifs is 2. The van der Waals surface area contributed by atoms with Gasteiger partial charge in [-0.25, -0.2) is 4.98 Å². The van der Waals surface area contributed by atoms with Crippen LogP contribution in [0, 0.1) is 0 Å². The van der Waals surface area contributed by atoms with Crippen LogP contribution in [-0.2, 0) is 0 Å². The summed E-state index contributed by atoms with van der Waals surface area (Å²) in [7, 11) is 1.56. The normalized spacial score (nSPS) is 15.8. The van der Waals surface area contributed by atoms with Crippen LogP contribution in [0.1, 0.15) is 27.7 Å². The maximum atomic E-state index is 13.4. The van der Waals surface area contributed by atoms with Crippen LogP contribution in [0.5, 0.6) is 5.75 Å². The Hall–Kier alpha value is -3.45. The summed E-state index contributed by atoms with van der Waals surface area (Å²) in [5.74, 6) is 0.251. The maximum absolute atomic E-state index is 13.4. The van der Waals surface area contributed by atoms with Gasteiger partial charge < -0.3 is 9.15 Å². The van der Waals surface area contributed by atoms with Crippen LogP contribution in [0.3, 0.4) is 0 Å². The van der Waals surface area contributed by atoms with Gasteiger partial charge in [-0.2, -0.15) is 0 Å². The molecule has 0 fully saturated rings. The number of thiazole rings is 1. The summed E-state index contributed by atoms with van der Waals surface area (Å²) in [6.07, 6.45) is 1.63. The first-order chi connectivity index (χ1) is 13.7. The third-order valence-corrected chi connectivity index (χ3v) is 5.61. The second-order valence-corrected chi connectivity index (χ2v) is 7.18. The first-order valence-electron chi connectivity index (χ1n) is 8.62. The van der Waals surface area contributed by atoms with E-state index in [2.05, 4.69) is 4.98 Å². The number of para-hydroxylation sites is 2. The highest BCUT2D eigenvalue weighted by Crippen LogP contribution is 2.44. The van der Waals surface area contributed by atoms with Crippen molar-refractivity contribution >= 4 is 33.3 Å². The summed E-state index contributed by atoms with van der Waals surface area (Å²) < 4.78 is 11.4. The predicted octanol–water partition coefficient (Wildman–Crippen LogP) is 4.01. The fourth-order valence-corrected chi connectivity index (χ4v) is 4.31. The smallest absolute Gasteiger partial charge is 0.297 e. The lowest BCUT2D eigenvalue weighted by Crippen LogP contribution is -2.29. The molecule has 0 bridgehead atoms. The van der Waals surface area contributed by atoms with Crippen molar-refractivity contribution in [2.24, 2.45) is 0 Å². The van der Waals surface area contributed by atoms with E-state index in [0.29, 0.717) is 33.0 Å². The molecule has 0 saturated heterocycles. The van der Waals surface area contributed by atoms with E-state index in [9.17, 15) is 9.59 Å². The van der Waals surface area contributed by atoms with Crippen LogP contribution >= 0.6 is 11.3 Å². The highest BCUT2D eigenvalue weighted by atomic mass is 32.1. The molecular weight excluding hydrogens is 376 g/mol. The molecule has 1 amide bonds. The Kier molecular flexibility index (Phi) is 3.77. The lowest BCUT2D eigenvalue weighted by Gasteiger charge is -2.24. The summed E-state index contributed by atoms with van der Waals surface area (Å²) >= 11 is 1.33. The van der Waals surface area contributed by atoms with E-state index in [1.807, 2.05) is 18.2 Å². The Balaban J connectivity index is 1.86. The largest absolute Gasteiger partial charge is 0.496 e. The molecule has 1 unspecified atom stereocenters. The molecule has 0 aliphatic carbocycles. The van der Waals surface area contributed by atoms with E-state index in [0.717, 1.165) is 0 Å². The van der Waals surface area contributed by atoms with E-state index in [1.54, 1.807) is 49.0 Å². The van der Waals surface area contributed by atoms with E-state index in [1.165, 1.54) is 16.2 Å². The van der Waals surface area contributed by atoms with Gasteiger partial charge in [0.05, 0.1) is 18.1 Å². The molecule has 0 radical (unpaired) electrons. The number of hydrogen-bond donors (Lipinski definition) is 0. The van der Waals surface area contributed by atoms with Crippen LogP contribution in [0.25, 0.3) is 11.0 Å². The molecule has 1 aliphatic rings. The van der Waals surface area contributed by atoms with Crippen molar-refractivity contribution in [1.82, 2.24) is 4.98 Å². The lowest BCUT2D eigenvalue weighted by atomic mass is 9.98. The van der Waals surface area contributed by atoms with Gasteiger partial charge in [-0.1, -0.05) is 30.3 Å². The van der Waals surface area contributed by atoms with Gasteiger partial charge >= 0.3 is 0 Å². The predicted molar refractivity (Wildman–Crippen MR) is 106 cm³/mol. The molecule has 0 saturated carbocycles. The van der Waals surface area contributed by atoms with Gasteiger partial charge in [-0.15, -0.1) is 11.3 Å². The van der Waals surface area contributed by atoms with Crippen LogP contribution in [0.15, 0.2) is 69.3 Å². The molecule has 4 aromatic rings. The minimum Gasteiger partial charge on any atom is -0.496 e. The van der Waals surface area contributed by atoms with Crippen molar-refractivity contribution in [3.63, 3.8) is 0 Å². The zero-order valence-corrected chi connectivity index (χ0v) is 15.6. The Morgan fingerprint density at radius 3 is 2.68 bits per heavy atom. The van der Waals surface area contributed by atoms with Gasteiger partial charge in [0, 0.05) is 17.1 Å². The average Bonchev–Trinajstić information content (AvgIpc) is 3.35. The summed E-state index contributed by atoms with van der Waals surface area (Å²) in [4.78, 5) is 32.5. The Morgan fingerprint density at radius 2 is 1.89 bits per heavy atom. The zero-order chi connectivity index (χ0) is 19.3. The molecule has 3 heterocycles. The fraction of sp³-hybridized carbons (Fsp3) is 0.0952. The number of methoxy groups -OCH3 is 1. The molecular formula is C21H14N2O4S. The van der Waals surface area contributed by atoms with Crippen molar-refractivity contribution in [2.75, 3.05) is 12.0 Å². The van der Waals surface area contributed by atoms with Crippen LogP contribution in [0.2, 0.25) is 0 Å². The minimum absolute atomic E-state index is 0.0507. The summed E-state index contributed by atoms with van der Waals surface area (Å²) in [6, 6.07) is 13.6. The second kappa shape index (κ2) is 6.31. The molecule has 28 heavy (non-hydrogen) atoms. The third kappa shape index (κ3) is 2.30. The highest BCUT2D eigenvalue weighted by Gasteiger charge is 2.45. The Bertz CT molecular complexity index is 1260. The fourth-order valence-electron chi connectivity index (χ4n) is 3.64. The van der Waals surface area contributed by atoms with Crippen molar-refractivity contribution in [1.29, 1.82) is 0 Å². The van der Waals surface area contributed by atoms with Crippen molar-refractivity contribution in [3.8, 4) is 5.75 Å². The molecule has 138 valence electrons. The molecule has 6 nitrogen and oxygen atoms in total. The van der Waals surface area contributed by atoms with Gasteiger partial charge in [0.2, 0.25) is 5.76 Å². The number of carbonyl (C=O) groups is 1. The molecule has 0 N–H and O–H groups in total. The van der Waals surface area contributed by atoms with E-state index in [4.69, 9.17) is 9.15 Å². The number of nitrogens with zero attached hydrogens (tertiary/aromatic N) is 2. The number of hydrogen-bond acceptors (Lipinski definition) is 6. The number of benzene rings is 2. The summed E-state index contributed by atoms with van der Waals surface area (Å²) in [6.45, 7) is 0. The van der Waals surface area contributed by atoms with E-state index < -0.39 is 6.04 Å². The first kappa shape index (κ1) is 16.7. The van der Waals surface area contributed by atoms with Gasteiger partial charge in [0.15, 0.2) is 10.6 Å². The number of ether oxygens (including phenoxy) is 1. The van der Waals surface area contributed by atoms with Gasteiger partial charge in [-0.3, -0.25) is 14.5 Å². The molecule has 5 rings (SSSR count). The van der Waals surface area contributed by atoms with Gasteiger partial charge in [0.25, 0.3) is 5.91 Å². The number of aromatic nitrogens is 1.